The Hall–Kier alpha value is 0.210. The highest BCUT2D eigenvalue weighted by Gasteiger charge is 2.20. The Bertz CT molecular complexity index is 135. The van der Waals surface area contributed by atoms with E-state index in [1.54, 1.807) is 0 Å². The minimum absolute atomic E-state index is 0.597. The zero-order valence-electron chi connectivity index (χ0n) is 8.63. The predicted molar refractivity (Wildman–Crippen MR) is 56.4 cm³/mol. The minimum Gasteiger partial charge on any atom is -0.381 e. The van der Waals surface area contributed by atoms with Gasteiger partial charge in [0.2, 0.25) is 0 Å². The molecule has 1 saturated heterocycles. The summed E-state index contributed by atoms with van der Waals surface area (Å²) in [6.07, 6.45) is 1.21. The first kappa shape index (κ1) is 11.3. The highest BCUT2D eigenvalue weighted by molar-refractivity contribution is 6.18. The van der Waals surface area contributed by atoms with Crippen molar-refractivity contribution in [1.29, 1.82) is 0 Å². The summed E-state index contributed by atoms with van der Waals surface area (Å²) >= 11 is 5.75. The molecule has 0 amide bonds. The molecule has 13 heavy (non-hydrogen) atoms. The van der Waals surface area contributed by atoms with Crippen molar-refractivity contribution in [2.75, 3.05) is 32.2 Å². The average molecular weight is 206 g/mol. The van der Waals surface area contributed by atoms with Crippen molar-refractivity contribution >= 4 is 11.6 Å². The van der Waals surface area contributed by atoms with Crippen LogP contribution in [0.5, 0.6) is 0 Å². The van der Waals surface area contributed by atoms with Gasteiger partial charge < -0.3 is 4.74 Å². The lowest BCUT2D eigenvalue weighted by atomic mass is 10.1. The normalized spacial score (nSPS) is 23.3. The van der Waals surface area contributed by atoms with Crippen LogP contribution in [0.1, 0.15) is 20.3 Å². The van der Waals surface area contributed by atoms with Gasteiger partial charge in [-0.2, -0.15) is 0 Å². The summed E-state index contributed by atoms with van der Waals surface area (Å²) < 4.78 is 5.36. The second-order valence-electron chi connectivity index (χ2n) is 4.01. The van der Waals surface area contributed by atoms with Gasteiger partial charge in [-0.1, -0.05) is 0 Å². The van der Waals surface area contributed by atoms with Gasteiger partial charge in [0.05, 0.1) is 6.61 Å². The Morgan fingerprint density at radius 3 is 2.77 bits per heavy atom. The van der Waals surface area contributed by atoms with E-state index < -0.39 is 0 Å². The van der Waals surface area contributed by atoms with E-state index in [0.29, 0.717) is 6.04 Å². The topological polar surface area (TPSA) is 12.5 Å². The molecular formula is C10H20ClNO. The SMILES string of the molecule is CC(C)N(CCCl)CC1CCOC1. The van der Waals surface area contributed by atoms with Crippen molar-refractivity contribution in [1.82, 2.24) is 4.90 Å². The fourth-order valence-electron chi connectivity index (χ4n) is 1.73. The van der Waals surface area contributed by atoms with Crippen molar-refractivity contribution < 1.29 is 4.74 Å². The average Bonchev–Trinajstić information content (AvgIpc) is 2.56. The molecule has 1 aliphatic heterocycles. The molecule has 78 valence electrons. The lowest BCUT2D eigenvalue weighted by Gasteiger charge is -2.27. The number of halogens is 1. The number of ether oxygens (including phenoxy) is 1. The van der Waals surface area contributed by atoms with Crippen LogP contribution in [0, 0.1) is 5.92 Å². The summed E-state index contributed by atoms with van der Waals surface area (Å²) in [5.74, 6) is 1.46. The van der Waals surface area contributed by atoms with Crippen molar-refractivity contribution in [3.05, 3.63) is 0 Å². The first-order valence-corrected chi connectivity index (χ1v) is 5.65. The van der Waals surface area contributed by atoms with Gasteiger partial charge in [0.1, 0.15) is 0 Å². The lowest BCUT2D eigenvalue weighted by molar-refractivity contribution is 0.157. The van der Waals surface area contributed by atoms with E-state index in [1.807, 2.05) is 0 Å². The van der Waals surface area contributed by atoms with Crippen LogP contribution in [-0.2, 0) is 4.74 Å². The molecule has 1 heterocycles. The number of hydrogen-bond acceptors (Lipinski definition) is 2. The number of nitrogens with zero attached hydrogens (tertiary/aromatic N) is 1. The molecule has 3 heteroatoms. The largest absolute Gasteiger partial charge is 0.381 e. The van der Waals surface area contributed by atoms with Gasteiger partial charge in [-0.05, 0) is 26.2 Å². The van der Waals surface area contributed by atoms with Crippen LogP contribution in [-0.4, -0.2) is 43.1 Å². The highest BCUT2D eigenvalue weighted by Crippen LogP contribution is 2.15. The fraction of sp³-hybridized carbons (Fsp3) is 1.00. The smallest absolute Gasteiger partial charge is 0.0507 e. The third-order valence-electron chi connectivity index (χ3n) is 2.62. The van der Waals surface area contributed by atoms with E-state index in [-0.39, 0.29) is 0 Å². The molecular weight excluding hydrogens is 186 g/mol. The van der Waals surface area contributed by atoms with E-state index >= 15 is 0 Å². The number of rotatable bonds is 5. The second-order valence-corrected chi connectivity index (χ2v) is 4.39. The lowest BCUT2D eigenvalue weighted by Crippen LogP contribution is -2.37. The molecule has 1 unspecified atom stereocenters. The van der Waals surface area contributed by atoms with E-state index in [4.69, 9.17) is 16.3 Å². The van der Waals surface area contributed by atoms with Crippen molar-refractivity contribution in [2.45, 2.75) is 26.3 Å². The molecule has 1 aliphatic rings. The molecule has 0 aliphatic carbocycles. The molecule has 1 rings (SSSR count). The molecule has 0 aromatic carbocycles. The van der Waals surface area contributed by atoms with Crippen LogP contribution in [0.4, 0.5) is 0 Å². The van der Waals surface area contributed by atoms with Crippen molar-refractivity contribution in [2.24, 2.45) is 5.92 Å². The first-order chi connectivity index (χ1) is 6.24. The summed E-state index contributed by atoms with van der Waals surface area (Å²) in [6.45, 7) is 8.47. The summed E-state index contributed by atoms with van der Waals surface area (Å²) in [5, 5.41) is 0. The zero-order valence-corrected chi connectivity index (χ0v) is 9.39. The van der Waals surface area contributed by atoms with Gasteiger partial charge in [0.15, 0.2) is 0 Å². The Labute approximate surface area is 86.2 Å². The fourth-order valence-corrected chi connectivity index (χ4v) is 1.94. The molecule has 1 fully saturated rings. The van der Waals surface area contributed by atoms with Crippen molar-refractivity contribution in [3.8, 4) is 0 Å². The molecule has 0 spiro atoms. The maximum atomic E-state index is 5.75. The third kappa shape index (κ3) is 3.84. The number of alkyl halides is 1. The number of hydrogen-bond donors (Lipinski definition) is 0. The standard InChI is InChI=1S/C10H20ClNO/c1-9(2)12(5-4-11)7-10-3-6-13-8-10/h9-10H,3-8H2,1-2H3. The molecule has 0 aromatic heterocycles. The summed E-state index contributed by atoms with van der Waals surface area (Å²) in [6, 6.07) is 0.597. The van der Waals surface area contributed by atoms with Gasteiger partial charge in [-0.3, -0.25) is 4.90 Å². The molecule has 2 nitrogen and oxygen atoms in total. The monoisotopic (exact) mass is 205 g/mol. The minimum atomic E-state index is 0.597. The molecule has 0 N–H and O–H groups in total. The van der Waals surface area contributed by atoms with Crippen LogP contribution in [0.2, 0.25) is 0 Å². The van der Waals surface area contributed by atoms with Crippen LogP contribution < -0.4 is 0 Å². The summed E-state index contributed by atoms with van der Waals surface area (Å²) in [7, 11) is 0. The second kappa shape index (κ2) is 5.84. The molecule has 0 bridgehead atoms. The van der Waals surface area contributed by atoms with E-state index in [9.17, 15) is 0 Å². The predicted octanol–water partition coefficient (Wildman–Crippen LogP) is 1.97. The summed E-state index contributed by atoms with van der Waals surface area (Å²) in [4.78, 5) is 2.44. The Morgan fingerprint density at radius 2 is 2.31 bits per heavy atom. The first-order valence-electron chi connectivity index (χ1n) is 5.11. The van der Waals surface area contributed by atoms with Crippen LogP contribution in [0.25, 0.3) is 0 Å². The maximum absolute atomic E-state index is 5.75. The third-order valence-corrected chi connectivity index (χ3v) is 2.79. The zero-order chi connectivity index (χ0) is 9.68. The van der Waals surface area contributed by atoms with Gasteiger partial charge in [-0.25, -0.2) is 0 Å². The van der Waals surface area contributed by atoms with E-state index in [0.717, 1.165) is 38.1 Å². The van der Waals surface area contributed by atoms with Crippen LogP contribution >= 0.6 is 11.6 Å². The van der Waals surface area contributed by atoms with Gasteiger partial charge >= 0.3 is 0 Å². The van der Waals surface area contributed by atoms with Crippen LogP contribution in [0.15, 0.2) is 0 Å². The van der Waals surface area contributed by atoms with E-state index in [1.165, 1.54) is 6.42 Å². The van der Waals surface area contributed by atoms with Gasteiger partial charge in [-0.15, -0.1) is 11.6 Å². The van der Waals surface area contributed by atoms with E-state index in [2.05, 4.69) is 18.7 Å². The van der Waals surface area contributed by atoms with Crippen LogP contribution in [0.3, 0.4) is 0 Å². The molecule has 1 atom stereocenters. The molecule has 0 saturated carbocycles. The van der Waals surface area contributed by atoms with Gasteiger partial charge in [0.25, 0.3) is 0 Å². The quantitative estimate of drug-likeness (QED) is 0.637. The summed E-state index contributed by atoms with van der Waals surface area (Å²) in [5.41, 5.74) is 0. The Balaban J connectivity index is 2.27. The van der Waals surface area contributed by atoms with Gasteiger partial charge in [0, 0.05) is 31.6 Å². The Morgan fingerprint density at radius 1 is 1.54 bits per heavy atom. The highest BCUT2D eigenvalue weighted by atomic mass is 35.5. The molecule has 0 radical (unpaired) electrons. The Kier molecular flexibility index (Phi) is 5.07. The molecule has 0 aromatic rings. The van der Waals surface area contributed by atoms with Crippen molar-refractivity contribution in [3.63, 3.8) is 0 Å². The maximum Gasteiger partial charge on any atom is 0.0507 e.